The van der Waals surface area contributed by atoms with E-state index in [0.29, 0.717) is 36.7 Å². The number of carbonyl (C=O) groups is 2. The molecular weight excluding hydrogens is 642 g/mol. The topological polar surface area (TPSA) is 127 Å². The Morgan fingerprint density at radius 1 is 0.784 bits per heavy atom. The Balaban J connectivity index is 1.04. The fourth-order valence-electron chi connectivity index (χ4n) is 5.98. The van der Waals surface area contributed by atoms with Crippen LogP contribution in [0.4, 0.5) is 0 Å². The Kier molecular flexibility index (Phi) is 12.6. The fraction of sp³-hybridized carbons (Fsp3) is 0.293. The van der Waals surface area contributed by atoms with Crippen molar-refractivity contribution in [1.82, 2.24) is 25.5 Å². The lowest BCUT2D eigenvalue weighted by Gasteiger charge is -2.18. The smallest absolute Gasteiger partial charge is 0.251 e. The Hall–Kier alpha value is -5.45. The maximum Gasteiger partial charge on any atom is 0.251 e. The molecule has 266 valence electrons. The zero-order valence-corrected chi connectivity index (χ0v) is 29.9. The number of aliphatic hydroxyl groups is 1. The van der Waals surface area contributed by atoms with Crippen LogP contribution < -0.4 is 25.4 Å². The summed E-state index contributed by atoms with van der Waals surface area (Å²) in [6.45, 7) is 7.28. The van der Waals surface area contributed by atoms with Crippen LogP contribution in [-0.4, -0.2) is 53.3 Å². The molecule has 5 aromatic rings. The van der Waals surface area contributed by atoms with Gasteiger partial charge in [0.2, 0.25) is 5.91 Å². The molecule has 2 heterocycles. The lowest BCUT2D eigenvalue weighted by molar-refractivity contribution is -0.120. The van der Waals surface area contributed by atoms with Gasteiger partial charge in [0.15, 0.2) is 11.5 Å². The molecule has 0 radical (unpaired) electrons. The Labute approximate surface area is 299 Å². The molecule has 51 heavy (non-hydrogen) atoms. The molecule has 10 nitrogen and oxygen atoms in total. The largest absolute Gasteiger partial charge is 0.493 e. The third-order valence-electron chi connectivity index (χ3n) is 8.82. The number of aliphatic hydroxyl groups excluding tert-OH is 1. The summed E-state index contributed by atoms with van der Waals surface area (Å²) in [5.41, 5.74) is 7.35. The number of methoxy groups -OCH3 is 2. The minimum Gasteiger partial charge on any atom is -0.493 e. The minimum absolute atomic E-state index is 0.0834. The van der Waals surface area contributed by atoms with Gasteiger partial charge < -0.3 is 35.1 Å². The van der Waals surface area contributed by atoms with Gasteiger partial charge >= 0.3 is 0 Å². The van der Waals surface area contributed by atoms with Crippen molar-refractivity contribution in [3.8, 4) is 17.3 Å². The third kappa shape index (κ3) is 10.1. The Bertz CT molecular complexity index is 1900. The number of benzene rings is 3. The van der Waals surface area contributed by atoms with Crippen molar-refractivity contribution in [2.75, 3.05) is 20.8 Å². The van der Waals surface area contributed by atoms with Crippen molar-refractivity contribution in [3.05, 3.63) is 142 Å². The molecule has 2 atom stereocenters. The molecule has 0 aliphatic carbocycles. The molecule has 5 rings (SSSR count). The van der Waals surface area contributed by atoms with E-state index in [1.54, 1.807) is 38.6 Å². The van der Waals surface area contributed by atoms with E-state index in [4.69, 9.17) is 9.47 Å². The first-order valence-corrected chi connectivity index (χ1v) is 17.1. The van der Waals surface area contributed by atoms with Crippen LogP contribution in [0.1, 0.15) is 62.6 Å². The van der Waals surface area contributed by atoms with E-state index in [2.05, 4.69) is 56.7 Å². The summed E-state index contributed by atoms with van der Waals surface area (Å²) in [6, 6.07) is 28.8. The van der Waals surface area contributed by atoms with Crippen LogP contribution >= 0.6 is 0 Å². The number of nitrogens with one attached hydrogen (secondary N) is 3. The average Bonchev–Trinajstić information content (AvgIpc) is 3.49. The summed E-state index contributed by atoms with van der Waals surface area (Å²) in [7, 11) is 3.15. The molecule has 2 aromatic heterocycles. The number of hydrogen-bond acceptors (Lipinski definition) is 7. The maximum atomic E-state index is 12.8. The zero-order valence-electron chi connectivity index (χ0n) is 29.9. The summed E-state index contributed by atoms with van der Waals surface area (Å²) < 4.78 is 12.7. The summed E-state index contributed by atoms with van der Waals surface area (Å²) >= 11 is 0. The molecule has 0 saturated carbocycles. The molecule has 0 bridgehead atoms. The number of aryl methyl sites for hydroxylation is 2. The number of ether oxygens (including phenoxy) is 2. The van der Waals surface area contributed by atoms with Gasteiger partial charge in [-0.1, -0.05) is 48.5 Å². The van der Waals surface area contributed by atoms with Crippen LogP contribution in [-0.2, 0) is 30.7 Å². The number of nitrogens with zero attached hydrogens (tertiary/aromatic N) is 2. The van der Waals surface area contributed by atoms with Gasteiger partial charge in [0.25, 0.3) is 5.91 Å². The van der Waals surface area contributed by atoms with E-state index in [9.17, 15) is 14.7 Å². The summed E-state index contributed by atoms with van der Waals surface area (Å²) in [5.74, 6) is 1.79. The molecule has 0 fully saturated rings. The molecule has 4 N–H and O–H groups in total. The number of hydrogen-bond donors (Lipinski definition) is 4. The first-order chi connectivity index (χ1) is 24.6. The quantitative estimate of drug-likeness (QED) is 0.107. The minimum atomic E-state index is -0.681. The molecule has 0 unspecified atom stereocenters. The first-order valence-electron chi connectivity index (χ1n) is 17.1. The SMILES string of the molecule is COc1ccc(CNC(=O)c2ccc(CNC(=O)Cc3cccc(C[C@@H](C)NC[C@@H](O)c4ccc(-n5c(C)ccc5C)nc4)c3)cc2)cc1OC. The van der Waals surface area contributed by atoms with E-state index in [0.717, 1.165) is 51.4 Å². The fourth-order valence-corrected chi connectivity index (χ4v) is 5.98. The molecule has 0 aliphatic rings. The van der Waals surface area contributed by atoms with Crippen LogP contribution in [0.3, 0.4) is 0 Å². The second kappa shape index (κ2) is 17.5. The van der Waals surface area contributed by atoms with E-state index < -0.39 is 6.10 Å². The van der Waals surface area contributed by atoms with Crippen LogP contribution in [0.25, 0.3) is 5.82 Å². The van der Waals surface area contributed by atoms with Crippen LogP contribution in [0.15, 0.2) is 97.2 Å². The summed E-state index contributed by atoms with van der Waals surface area (Å²) in [4.78, 5) is 30.1. The normalized spacial score (nSPS) is 12.2. The average molecular weight is 690 g/mol. The lowest BCUT2D eigenvalue weighted by Crippen LogP contribution is -2.32. The van der Waals surface area contributed by atoms with E-state index >= 15 is 0 Å². The number of amides is 2. The highest BCUT2D eigenvalue weighted by molar-refractivity contribution is 5.94. The van der Waals surface area contributed by atoms with Crippen molar-refractivity contribution < 1.29 is 24.2 Å². The van der Waals surface area contributed by atoms with Crippen molar-refractivity contribution in [1.29, 1.82) is 0 Å². The van der Waals surface area contributed by atoms with Gasteiger partial charge in [-0.05, 0) is 91.9 Å². The number of rotatable bonds is 16. The van der Waals surface area contributed by atoms with Gasteiger partial charge in [0.05, 0.1) is 26.7 Å². The van der Waals surface area contributed by atoms with Crippen molar-refractivity contribution in [3.63, 3.8) is 0 Å². The predicted molar refractivity (Wildman–Crippen MR) is 198 cm³/mol. The summed E-state index contributed by atoms with van der Waals surface area (Å²) in [6.07, 6.45) is 2.06. The van der Waals surface area contributed by atoms with Gasteiger partial charge in [-0.2, -0.15) is 0 Å². The van der Waals surface area contributed by atoms with Crippen molar-refractivity contribution in [2.45, 2.75) is 58.8 Å². The number of pyridine rings is 1. The Morgan fingerprint density at radius 2 is 1.47 bits per heavy atom. The van der Waals surface area contributed by atoms with Crippen LogP contribution in [0.5, 0.6) is 11.5 Å². The first kappa shape index (κ1) is 36.8. The van der Waals surface area contributed by atoms with Crippen LogP contribution in [0, 0.1) is 13.8 Å². The number of carbonyl (C=O) groups excluding carboxylic acids is 2. The molecular formula is C41H47N5O5. The highest BCUT2D eigenvalue weighted by atomic mass is 16.5. The van der Waals surface area contributed by atoms with E-state index in [1.165, 1.54) is 0 Å². The molecule has 0 aliphatic heterocycles. The molecule has 3 aromatic carbocycles. The van der Waals surface area contributed by atoms with Gasteiger partial charge in [-0.25, -0.2) is 4.98 Å². The molecule has 0 spiro atoms. The molecule has 0 saturated heterocycles. The van der Waals surface area contributed by atoms with E-state index in [1.807, 2.05) is 62.4 Å². The second-order valence-electron chi connectivity index (χ2n) is 12.8. The van der Waals surface area contributed by atoms with Gasteiger partial charge in [0.1, 0.15) is 5.82 Å². The van der Waals surface area contributed by atoms with Crippen molar-refractivity contribution in [2.24, 2.45) is 0 Å². The zero-order chi connectivity index (χ0) is 36.3. The summed E-state index contributed by atoms with van der Waals surface area (Å²) in [5, 5.41) is 20.1. The monoisotopic (exact) mass is 689 g/mol. The van der Waals surface area contributed by atoms with Gasteiger partial charge in [-0.15, -0.1) is 0 Å². The van der Waals surface area contributed by atoms with E-state index in [-0.39, 0.29) is 24.3 Å². The number of aromatic nitrogens is 2. The van der Waals surface area contributed by atoms with Crippen LogP contribution in [0.2, 0.25) is 0 Å². The highest BCUT2D eigenvalue weighted by Gasteiger charge is 2.14. The van der Waals surface area contributed by atoms with Crippen molar-refractivity contribution >= 4 is 11.8 Å². The Morgan fingerprint density at radius 3 is 2.16 bits per heavy atom. The predicted octanol–water partition coefficient (Wildman–Crippen LogP) is 5.55. The maximum absolute atomic E-state index is 12.8. The molecule has 10 heteroatoms. The van der Waals surface area contributed by atoms with Gasteiger partial charge in [0, 0.05) is 54.4 Å². The lowest BCUT2D eigenvalue weighted by atomic mass is 10.0. The highest BCUT2D eigenvalue weighted by Crippen LogP contribution is 2.27. The van der Waals surface area contributed by atoms with Gasteiger partial charge in [-0.3, -0.25) is 9.59 Å². The second-order valence-corrected chi connectivity index (χ2v) is 12.8. The third-order valence-corrected chi connectivity index (χ3v) is 8.82. The molecule has 2 amide bonds. The standard InChI is InChI=1S/C41H47N5O5/c1-27(42-26-36(47)35-16-18-39(43-25-35)46-28(2)9-10-29(46)3)19-31-7-6-8-32(20-31)22-40(48)44-23-30-11-14-34(15-12-30)41(49)45-24-33-13-17-37(50-4)38(21-33)51-5/h6-18,20-21,25,27,36,42,47H,19,22-24,26H2,1-5H3,(H,44,48)(H,45,49)/t27-,36-/m1/s1.